The highest BCUT2D eigenvalue weighted by molar-refractivity contribution is 5.95. The zero-order valence-electron chi connectivity index (χ0n) is 12.7. The second kappa shape index (κ2) is 6.12. The number of carboxylic acid groups (broad SMARTS) is 1. The minimum atomic E-state index is -0.967. The molecular weight excluding hydrogens is 298 g/mol. The van der Waals surface area contributed by atoms with Gasteiger partial charge in [0.25, 0.3) is 5.91 Å². The number of carbonyl (C=O) groups excluding carboxylic acids is 1. The van der Waals surface area contributed by atoms with Gasteiger partial charge in [-0.25, -0.2) is 9.48 Å². The molecule has 0 radical (unpaired) electrons. The average Bonchev–Trinajstić information content (AvgIpc) is 3.23. The summed E-state index contributed by atoms with van der Waals surface area (Å²) in [5, 5.41) is 13.4. The Morgan fingerprint density at radius 2 is 2.00 bits per heavy atom. The fourth-order valence-electron chi connectivity index (χ4n) is 2.73. The minimum absolute atomic E-state index is 0.244. The van der Waals surface area contributed by atoms with Crippen LogP contribution in [0, 0.1) is 0 Å². The van der Waals surface area contributed by atoms with Gasteiger partial charge in [0.1, 0.15) is 11.8 Å². The minimum Gasteiger partial charge on any atom is -0.497 e. The average molecular weight is 315 g/mol. The quantitative estimate of drug-likeness (QED) is 0.926. The van der Waals surface area contributed by atoms with E-state index in [9.17, 15) is 14.7 Å². The van der Waals surface area contributed by atoms with E-state index in [2.05, 4.69) is 5.10 Å². The summed E-state index contributed by atoms with van der Waals surface area (Å²) >= 11 is 0. The molecule has 1 N–H and O–H groups in total. The van der Waals surface area contributed by atoms with Crippen LogP contribution < -0.4 is 4.74 Å². The highest BCUT2D eigenvalue weighted by Gasteiger charge is 2.35. The third-order valence-electron chi connectivity index (χ3n) is 3.94. The number of methoxy groups -OCH3 is 1. The number of aromatic nitrogens is 2. The van der Waals surface area contributed by atoms with Crippen molar-refractivity contribution < 1.29 is 19.4 Å². The number of carbonyl (C=O) groups is 2. The Morgan fingerprint density at radius 3 is 2.65 bits per heavy atom. The molecule has 0 bridgehead atoms. The first kappa shape index (κ1) is 15.1. The largest absolute Gasteiger partial charge is 0.497 e. The van der Waals surface area contributed by atoms with Crippen LogP contribution in [-0.4, -0.2) is 51.4 Å². The molecule has 3 rings (SSSR count). The molecule has 1 amide bonds. The molecule has 2 aromatic rings. The Kier molecular flexibility index (Phi) is 4.01. The van der Waals surface area contributed by atoms with Crippen LogP contribution in [-0.2, 0) is 4.79 Å². The summed E-state index contributed by atoms with van der Waals surface area (Å²) in [7, 11) is 1.59. The second-order valence-electron chi connectivity index (χ2n) is 5.34. The predicted octanol–water partition coefficient (Wildman–Crippen LogP) is 1.57. The van der Waals surface area contributed by atoms with Crippen molar-refractivity contribution in [2.24, 2.45) is 0 Å². The molecule has 120 valence electrons. The Bertz CT molecular complexity index is 723. The van der Waals surface area contributed by atoms with Crippen molar-refractivity contribution in [2.75, 3.05) is 13.7 Å². The number of aliphatic carboxylic acids is 1. The third-order valence-corrected chi connectivity index (χ3v) is 3.94. The summed E-state index contributed by atoms with van der Waals surface area (Å²) in [4.78, 5) is 25.1. The number of hydrogen-bond acceptors (Lipinski definition) is 4. The normalized spacial score (nSPS) is 17.3. The van der Waals surface area contributed by atoms with Crippen LogP contribution in [0.2, 0.25) is 0 Å². The molecule has 1 fully saturated rings. The smallest absolute Gasteiger partial charge is 0.326 e. The number of amides is 1. The Labute approximate surface area is 133 Å². The zero-order valence-corrected chi connectivity index (χ0v) is 12.7. The summed E-state index contributed by atoms with van der Waals surface area (Å²) in [5.41, 5.74) is 1.04. The predicted molar refractivity (Wildman–Crippen MR) is 81.8 cm³/mol. The molecule has 23 heavy (non-hydrogen) atoms. The van der Waals surface area contributed by atoms with Gasteiger partial charge in [0, 0.05) is 12.7 Å². The highest BCUT2D eigenvalue weighted by Crippen LogP contribution is 2.20. The van der Waals surface area contributed by atoms with Crippen LogP contribution in [0.1, 0.15) is 23.3 Å². The summed E-state index contributed by atoms with van der Waals surface area (Å²) in [6.45, 7) is 0.450. The van der Waals surface area contributed by atoms with Gasteiger partial charge in [-0.05, 0) is 43.2 Å². The van der Waals surface area contributed by atoms with Crippen LogP contribution in [0.5, 0.6) is 5.75 Å². The first-order valence-electron chi connectivity index (χ1n) is 7.34. The SMILES string of the molecule is COc1ccc(-n2ccc(C(=O)N3CCC[C@@H]3C(=O)O)n2)cc1. The molecule has 1 saturated heterocycles. The lowest BCUT2D eigenvalue weighted by atomic mass is 10.2. The molecule has 2 heterocycles. The number of hydrogen-bond donors (Lipinski definition) is 1. The highest BCUT2D eigenvalue weighted by atomic mass is 16.5. The van der Waals surface area contributed by atoms with Gasteiger partial charge < -0.3 is 14.7 Å². The van der Waals surface area contributed by atoms with Crippen LogP contribution in [0.25, 0.3) is 5.69 Å². The first-order chi connectivity index (χ1) is 11.1. The van der Waals surface area contributed by atoms with Gasteiger partial charge >= 0.3 is 5.97 Å². The number of likely N-dealkylation sites (tertiary alicyclic amines) is 1. The Balaban J connectivity index is 1.80. The van der Waals surface area contributed by atoms with Crippen molar-refractivity contribution in [3.05, 3.63) is 42.2 Å². The van der Waals surface area contributed by atoms with E-state index in [0.29, 0.717) is 19.4 Å². The van der Waals surface area contributed by atoms with E-state index in [1.807, 2.05) is 12.1 Å². The van der Waals surface area contributed by atoms with Gasteiger partial charge in [0.05, 0.1) is 12.8 Å². The van der Waals surface area contributed by atoms with Crippen molar-refractivity contribution in [2.45, 2.75) is 18.9 Å². The first-order valence-corrected chi connectivity index (χ1v) is 7.34. The van der Waals surface area contributed by atoms with Crippen LogP contribution in [0.3, 0.4) is 0 Å². The van der Waals surface area contributed by atoms with Crippen LogP contribution in [0.15, 0.2) is 36.5 Å². The van der Waals surface area contributed by atoms with Crippen molar-refractivity contribution >= 4 is 11.9 Å². The molecule has 0 unspecified atom stereocenters. The third kappa shape index (κ3) is 2.90. The van der Waals surface area contributed by atoms with Crippen molar-refractivity contribution in [3.63, 3.8) is 0 Å². The molecule has 1 aliphatic rings. The molecular formula is C16H17N3O4. The van der Waals surface area contributed by atoms with Gasteiger partial charge in [-0.15, -0.1) is 0 Å². The van der Waals surface area contributed by atoms with E-state index in [1.54, 1.807) is 36.2 Å². The molecule has 1 aliphatic heterocycles. The lowest BCUT2D eigenvalue weighted by Crippen LogP contribution is -2.40. The fourth-order valence-corrected chi connectivity index (χ4v) is 2.73. The molecule has 0 spiro atoms. The van der Waals surface area contributed by atoms with Crippen LogP contribution in [0.4, 0.5) is 0 Å². The topological polar surface area (TPSA) is 84.7 Å². The zero-order chi connectivity index (χ0) is 16.4. The van der Waals surface area contributed by atoms with Gasteiger partial charge in [-0.3, -0.25) is 4.79 Å². The Morgan fingerprint density at radius 1 is 1.26 bits per heavy atom. The molecule has 0 saturated carbocycles. The lowest BCUT2D eigenvalue weighted by molar-refractivity contribution is -0.141. The van der Waals surface area contributed by atoms with Crippen molar-refractivity contribution in [1.82, 2.24) is 14.7 Å². The molecule has 7 nitrogen and oxygen atoms in total. The van der Waals surface area contributed by atoms with Gasteiger partial charge in [-0.2, -0.15) is 5.10 Å². The van der Waals surface area contributed by atoms with Crippen molar-refractivity contribution in [1.29, 1.82) is 0 Å². The van der Waals surface area contributed by atoms with E-state index in [4.69, 9.17) is 4.74 Å². The number of carboxylic acids is 1. The molecule has 1 aromatic heterocycles. The van der Waals surface area contributed by atoms with E-state index in [0.717, 1.165) is 11.4 Å². The van der Waals surface area contributed by atoms with E-state index >= 15 is 0 Å². The maximum absolute atomic E-state index is 12.5. The fraction of sp³-hybridized carbons (Fsp3) is 0.312. The number of ether oxygens (including phenoxy) is 1. The maximum Gasteiger partial charge on any atom is 0.326 e. The lowest BCUT2D eigenvalue weighted by Gasteiger charge is -2.20. The molecule has 1 atom stereocenters. The summed E-state index contributed by atoms with van der Waals surface area (Å²) < 4.78 is 6.69. The van der Waals surface area contributed by atoms with Gasteiger partial charge in [0.2, 0.25) is 0 Å². The van der Waals surface area contributed by atoms with Gasteiger partial charge in [0.15, 0.2) is 5.69 Å². The Hall–Kier alpha value is -2.83. The number of benzene rings is 1. The van der Waals surface area contributed by atoms with E-state index in [-0.39, 0.29) is 11.6 Å². The maximum atomic E-state index is 12.5. The second-order valence-corrected chi connectivity index (χ2v) is 5.34. The standard InChI is InChI=1S/C16H17N3O4/c1-23-12-6-4-11(5-7-12)19-10-8-13(17-19)15(20)18-9-2-3-14(18)16(21)22/h4-8,10,14H,2-3,9H2,1H3,(H,21,22)/t14-/m1/s1. The number of rotatable bonds is 4. The molecule has 0 aliphatic carbocycles. The number of nitrogens with zero attached hydrogens (tertiary/aromatic N) is 3. The van der Waals surface area contributed by atoms with Crippen molar-refractivity contribution in [3.8, 4) is 11.4 Å². The summed E-state index contributed by atoms with van der Waals surface area (Å²) in [6, 6.07) is 8.11. The molecule has 7 heteroatoms. The van der Waals surface area contributed by atoms with Crippen LogP contribution >= 0.6 is 0 Å². The van der Waals surface area contributed by atoms with E-state index in [1.165, 1.54) is 4.90 Å². The summed E-state index contributed by atoms with van der Waals surface area (Å²) in [5.74, 6) is -0.578. The van der Waals surface area contributed by atoms with Gasteiger partial charge in [-0.1, -0.05) is 0 Å². The molecule has 1 aromatic carbocycles. The monoisotopic (exact) mass is 315 g/mol. The van der Waals surface area contributed by atoms with E-state index < -0.39 is 12.0 Å². The summed E-state index contributed by atoms with van der Waals surface area (Å²) in [6.07, 6.45) is 2.86.